The van der Waals surface area contributed by atoms with Gasteiger partial charge in [-0.05, 0) is 24.5 Å². The normalized spacial score (nSPS) is 19.7. The highest BCUT2D eigenvalue weighted by atomic mass is 35.5. The quantitative estimate of drug-likeness (QED) is 0.827. The first-order chi connectivity index (χ1) is 12.7. The number of benzene rings is 1. The predicted octanol–water partition coefficient (Wildman–Crippen LogP) is 3.07. The van der Waals surface area contributed by atoms with E-state index in [0.717, 1.165) is 18.4 Å². The van der Waals surface area contributed by atoms with Crippen molar-refractivity contribution >= 4 is 17.5 Å². The third-order valence-electron chi connectivity index (χ3n) is 5.21. The number of pyridine rings is 1. The van der Waals surface area contributed by atoms with Crippen LogP contribution in [0.25, 0.3) is 0 Å². The molecule has 0 N–H and O–H groups in total. The maximum absolute atomic E-state index is 13.3. The number of aromatic nitrogens is 1. The smallest absolute Gasteiger partial charge is 0.233 e. The topological polar surface area (TPSA) is 51.7 Å². The molecule has 3 heterocycles. The van der Waals surface area contributed by atoms with Crippen LogP contribution < -0.4 is 4.74 Å². The molecule has 6 heteroatoms. The Balaban J connectivity index is 1.44. The van der Waals surface area contributed by atoms with Crippen LogP contribution in [0.2, 0.25) is 5.02 Å². The number of carbonyl (C=O) groups is 1. The Hall–Kier alpha value is -2.11. The van der Waals surface area contributed by atoms with E-state index in [1.807, 2.05) is 23.1 Å². The minimum absolute atomic E-state index is 0.0275. The Bertz CT molecular complexity index is 754. The lowest BCUT2D eigenvalue weighted by molar-refractivity contribution is -0.150. The Morgan fingerprint density at radius 2 is 1.88 bits per heavy atom. The number of likely N-dealkylation sites (tertiary alicyclic amines) is 1. The largest absolute Gasteiger partial charge is 0.471 e. The van der Waals surface area contributed by atoms with Crippen molar-refractivity contribution in [2.75, 3.05) is 26.3 Å². The van der Waals surface area contributed by atoms with Crippen LogP contribution in [0.1, 0.15) is 18.4 Å². The molecule has 0 bridgehead atoms. The lowest BCUT2D eigenvalue weighted by Crippen LogP contribution is -2.61. The van der Waals surface area contributed by atoms with Gasteiger partial charge >= 0.3 is 0 Å². The van der Waals surface area contributed by atoms with Gasteiger partial charge in [0.1, 0.15) is 6.10 Å². The highest BCUT2D eigenvalue weighted by Crippen LogP contribution is 2.38. The van der Waals surface area contributed by atoms with Crippen LogP contribution in [-0.4, -0.2) is 48.2 Å². The molecule has 0 aliphatic carbocycles. The average molecular weight is 373 g/mol. The van der Waals surface area contributed by atoms with Crippen LogP contribution in [0.15, 0.2) is 48.7 Å². The zero-order valence-corrected chi connectivity index (χ0v) is 15.2. The molecule has 1 aromatic heterocycles. The molecule has 0 radical (unpaired) electrons. The van der Waals surface area contributed by atoms with Gasteiger partial charge in [0.05, 0.1) is 23.5 Å². The van der Waals surface area contributed by atoms with E-state index in [2.05, 4.69) is 17.1 Å². The number of nitrogens with zero attached hydrogens (tertiary/aromatic N) is 2. The summed E-state index contributed by atoms with van der Waals surface area (Å²) in [6, 6.07) is 13.6. The highest BCUT2D eigenvalue weighted by Gasteiger charge is 2.47. The molecule has 0 saturated carbocycles. The molecule has 4 rings (SSSR count). The lowest BCUT2D eigenvalue weighted by Gasteiger charge is -2.46. The third-order valence-corrected chi connectivity index (χ3v) is 5.43. The van der Waals surface area contributed by atoms with Gasteiger partial charge in [-0.15, -0.1) is 0 Å². The van der Waals surface area contributed by atoms with E-state index in [1.54, 1.807) is 18.3 Å². The second kappa shape index (κ2) is 7.25. The summed E-state index contributed by atoms with van der Waals surface area (Å²) in [5.74, 6) is 0.714. The molecule has 2 fully saturated rings. The van der Waals surface area contributed by atoms with Gasteiger partial charge in [0.15, 0.2) is 0 Å². The average Bonchev–Trinajstić information content (AvgIpc) is 2.66. The van der Waals surface area contributed by atoms with Crippen LogP contribution in [0, 0.1) is 0 Å². The molecule has 2 saturated heterocycles. The molecule has 2 aliphatic heterocycles. The summed E-state index contributed by atoms with van der Waals surface area (Å²) in [5.41, 5.74) is 0.597. The van der Waals surface area contributed by atoms with E-state index < -0.39 is 5.41 Å². The van der Waals surface area contributed by atoms with Gasteiger partial charge in [0, 0.05) is 25.5 Å². The maximum atomic E-state index is 13.3. The van der Waals surface area contributed by atoms with E-state index in [4.69, 9.17) is 21.1 Å². The molecule has 26 heavy (non-hydrogen) atoms. The van der Waals surface area contributed by atoms with Gasteiger partial charge in [0.25, 0.3) is 0 Å². The van der Waals surface area contributed by atoms with E-state index in [0.29, 0.717) is 37.2 Å². The van der Waals surface area contributed by atoms with Crippen molar-refractivity contribution in [3.63, 3.8) is 0 Å². The summed E-state index contributed by atoms with van der Waals surface area (Å²) in [5, 5.41) is 0.576. The molecular formula is C20H21ClN2O3. The number of hydrogen-bond donors (Lipinski definition) is 0. The lowest BCUT2D eigenvalue weighted by atomic mass is 9.72. The van der Waals surface area contributed by atoms with Gasteiger partial charge in [-0.2, -0.15) is 0 Å². The third kappa shape index (κ3) is 3.29. The first kappa shape index (κ1) is 17.3. The van der Waals surface area contributed by atoms with Gasteiger partial charge in [-0.25, -0.2) is 4.98 Å². The van der Waals surface area contributed by atoms with Crippen LogP contribution >= 0.6 is 11.6 Å². The molecular weight excluding hydrogens is 352 g/mol. The second-order valence-electron chi connectivity index (χ2n) is 6.83. The van der Waals surface area contributed by atoms with Crippen LogP contribution in [-0.2, 0) is 14.9 Å². The van der Waals surface area contributed by atoms with Crippen molar-refractivity contribution in [3.05, 3.63) is 59.2 Å². The number of ether oxygens (including phenoxy) is 2. The van der Waals surface area contributed by atoms with Gasteiger partial charge in [0.2, 0.25) is 11.8 Å². The van der Waals surface area contributed by atoms with Crippen LogP contribution in [0.5, 0.6) is 5.88 Å². The Morgan fingerprint density at radius 3 is 2.54 bits per heavy atom. The first-order valence-corrected chi connectivity index (χ1v) is 9.26. The number of rotatable bonds is 4. The summed E-state index contributed by atoms with van der Waals surface area (Å²) in [4.78, 5) is 19.4. The standard InChI is InChI=1S/C20H21ClN2O3/c21-16-6-7-18(22-12-16)26-17-13-23(14-17)19(24)20(8-10-25-11-9-20)15-4-2-1-3-5-15/h1-7,12,17H,8-11,13-14H2. The molecule has 2 aliphatic rings. The summed E-state index contributed by atoms with van der Waals surface area (Å²) in [6.07, 6.45) is 2.97. The number of halogens is 1. The molecule has 1 amide bonds. The van der Waals surface area contributed by atoms with Gasteiger partial charge in [-0.3, -0.25) is 4.79 Å². The van der Waals surface area contributed by atoms with Crippen molar-refractivity contribution in [3.8, 4) is 5.88 Å². The predicted molar refractivity (Wildman–Crippen MR) is 98.4 cm³/mol. The van der Waals surface area contributed by atoms with Crippen molar-refractivity contribution < 1.29 is 14.3 Å². The van der Waals surface area contributed by atoms with Crippen LogP contribution in [0.4, 0.5) is 0 Å². The van der Waals surface area contributed by atoms with Crippen LogP contribution in [0.3, 0.4) is 0 Å². The Labute approximate surface area is 157 Å². The van der Waals surface area contributed by atoms with Crippen molar-refractivity contribution in [1.82, 2.24) is 9.88 Å². The summed E-state index contributed by atoms with van der Waals surface area (Å²) >= 11 is 5.84. The van der Waals surface area contributed by atoms with E-state index in [9.17, 15) is 4.79 Å². The Morgan fingerprint density at radius 1 is 1.15 bits per heavy atom. The Kier molecular flexibility index (Phi) is 4.83. The van der Waals surface area contributed by atoms with E-state index in [-0.39, 0.29) is 12.0 Å². The van der Waals surface area contributed by atoms with Gasteiger partial charge < -0.3 is 14.4 Å². The fourth-order valence-corrected chi connectivity index (χ4v) is 3.80. The van der Waals surface area contributed by atoms with Crippen molar-refractivity contribution in [2.45, 2.75) is 24.4 Å². The minimum atomic E-state index is -0.483. The van der Waals surface area contributed by atoms with E-state index in [1.165, 1.54) is 0 Å². The highest BCUT2D eigenvalue weighted by molar-refractivity contribution is 6.30. The molecule has 2 aromatic rings. The molecule has 136 valence electrons. The van der Waals surface area contributed by atoms with Crippen molar-refractivity contribution in [2.24, 2.45) is 0 Å². The summed E-state index contributed by atoms with van der Waals surface area (Å²) in [6.45, 7) is 2.39. The molecule has 0 atom stereocenters. The SMILES string of the molecule is O=C(N1CC(Oc2ccc(Cl)cn2)C1)C1(c2ccccc2)CCOCC1. The molecule has 1 aromatic carbocycles. The minimum Gasteiger partial charge on any atom is -0.471 e. The second-order valence-corrected chi connectivity index (χ2v) is 7.26. The van der Waals surface area contributed by atoms with E-state index >= 15 is 0 Å². The first-order valence-electron chi connectivity index (χ1n) is 8.88. The number of amides is 1. The summed E-state index contributed by atoms with van der Waals surface area (Å²) < 4.78 is 11.3. The molecule has 5 nitrogen and oxygen atoms in total. The number of carbonyl (C=O) groups excluding carboxylic acids is 1. The monoisotopic (exact) mass is 372 g/mol. The zero-order valence-electron chi connectivity index (χ0n) is 14.4. The van der Waals surface area contributed by atoms with Gasteiger partial charge in [-0.1, -0.05) is 41.9 Å². The van der Waals surface area contributed by atoms with Crippen molar-refractivity contribution in [1.29, 1.82) is 0 Å². The number of hydrogen-bond acceptors (Lipinski definition) is 4. The fourth-order valence-electron chi connectivity index (χ4n) is 3.69. The summed E-state index contributed by atoms with van der Waals surface area (Å²) in [7, 11) is 0. The molecule has 0 unspecified atom stereocenters. The fraction of sp³-hybridized carbons (Fsp3) is 0.400. The maximum Gasteiger partial charge on any atom is 0.233 e. The zero-order chi connectivity index (χ0) is 18.0. The molecule has 0 spiro atoms.